The van der Waals surface area contributed by atoms with Crippen LogP contribution in [0.1, 0.15) is 33.1 Å². The molecule has 7 heteroatoms. The summed E-state index contributed by atoms with van der Waals surface area (Å²) in [5.41, 5.74) is 5.74. The highest BCUT2D eigenvalue weighted by Crippen LogP contribution is 2.25. The molecule has 0 aromatic heterocycles. The van der Waals surface area contributed by atoms with Crippen molar-refractivity contribution >= 4 is 35.1 Å². The van der Waals surface area contributed by atoms with Crippen molar-refractivity contribution in [1.82, 2.24) is 4.90 Å². The summed E-state index contributed by atoms with van der Waals surface area (Å²) in [6, 6.07) is -0.696. The quantitative estimate of drug-likeness (QED) is 0.640. The van der Waals surface area contributed by atoms with E-state index in [4.69, 9.17) is 5.73 Å². The number of rotatable bonds is 8. The summed E-state index contributed by atoms with van der Waals surface area (Å²) >= 11 is 1.24. The van der Waals surface area contributed by atoms with Crippen LogP contribution in [0.15, 0.2) is 0 Å². The lowest BCUT2D eigenvalue weighted by Gasteiger charge is -2.14. The molecule has 112 valence electrons. The van der Waals surface area contributed by atoms with Gasteiger partial charge in [-0.15, -0.1) is 11.8 Å². The maximum atomic E-state index is 11.9. The van der Waals surface area contributed by atoms with E-state index in [1.807, 2.05) is 0 Å². The van der Waals surface area contributed by atoms with Gasteiger partial charge >= 0.3 is 0 Å². The highest BCUT2D eigenvalue weighted by Gasteiger charge is 2.38. The Kier molecular flexibility index (Phi) is 6.35. The van der Waals surface area contributed by atoms with Gasteiger partial charge in [-0.05, 0) is 13.8 Å². The first kappa shape index (κ1) is 16.8. The Morgan fingerprint density at radius 3 is 2.55 bits per heavy atom. The minimum absolute atomic E-state index is 0.0478. The van der Waals surface area contributed by atoms with Crippen LogP contribution in [0.5, 0.6) is 0 Å². The first-order valence-electron chi connectivity index (χ1n) is 6.60. The summed E-state index contributed by atoms with van der Waals surface area (Å²) in [4.78, 5) is 47.1. The lowest BCUT2D eigenvalue weighted by Crippen LogP contribution is -2.35. The van der Waals surface area contributed by atoms with Gasteiger partial charge in [-0.2, -0.15) is 0 Å². The molecular formula is C13H20N2O4S. The van der Waals surface area contributed by atoms with Crippen LogP contribution >= 0.6 is 11.8 Å². The SMILES string of the molecule is CCN1C(=O)CC(SCC(N)C(=O)CCC(C)=O)C1=O. The van der Waals surface area contributed by atoms with Gasteiger partial charge in [0.2, 0.25) is 11.8 Å². The van der Waals surface area contributed by atoms with Crippen molar-refractivity contribution in [3.63, 3.8) is 0 Å². The van der Waals surface area contributed by atoms with Gasteiger partial charge in [0.15, 0.2) is 5.78 Å². The van der Waals surface area contributed by atoms with E-state index in [1.165, 1.54) is 23.6 Å². The topological polar surface area (TPSA) is 97.5 Å². The molecule has 0 aromatic carbocycles. The number of carbonyl (C=O) groups excluding carboxylic acids is 4. The third-order valence-corrected chi connectivity index (χ3v) is 4.45. The molecule has 6 nitrogen and oxygen atoms in total. The Balaban J connectivity index is 2.40. The number of carbonyl (C=O) groups is 4. The van der Waals surface area contributed by atoms with Gasteiger partial charge in [0.1, 0.15) is 5.78 Å². The third kappa shape index (κ3) is 4.42. The van der Waals surface area contributed by atoms with Crippen LogP contribution in [-0.2, 0) is 19.2 Å². The molecule has 0 aliphatic carbocycles. The molecule has 1 aliphatic rings. The molecule has 2 amide bonds. The van der Waals surface area contributed by atoms with Gasteiger partial charge in [-0.25, -0.2) is 0 Å². The first-order chi connectivity index (χ1) is 9.36. The number of thioether (sulfide) groups is 1. The van der Waals surface area contributed by atoms with Crippen molar-refractivity contribution in [2.75, 3.05) is 12.3 Å². The largest absolute Gasteiger partial charge is 0.321 e. The van der Waals surface area contributed by atoms with Crippen molar-refractivity contribution in [2.45, 2.75) is 44.4 Å². The van der Waals surface area contributed by atoms with Crippen LogP contribution in [0.3, 0.4) is 0 Å². The zero-order valence-electron chi connectivity index (χ0n) is 11.8. The van der Waals surface area contributed by atoms with Crippen molar-refractivity contribution < 1.29 is 19.2 Å². The highest BCUT2D eigenvalue weighted by atomic mass is 32.2. The van der Waals surface area contributed by atoms with Crippen molar-refractivity contribution in [2.24, 2.45) is 5.73 Å². The van der Waals surface area contributed by atoms with Gasteiger partial charge in [0, 0.05) is 31.6 Å². The number of amides is 2. The normalized spacial score (nSPS) is 20.4. The summed E-state index contributed by atoms with van der Waals surface area (Å²) in [6.45, 7) is 3.55. The lowest BCUT2D eigenvalue weighted by molar-refractivity contribution is -0.138. The number of Topliss-reactive ketones (excluding diaryl/α,β-unsaturated/α-hetero) is 2. The molecular weight excluding hydrogens is 280 g/mol. The van der Waals surface area contributed by atoms with Crippen molar-refractivity contribution in [3.8, 4) is 0 Å². The average molecular weight is 300 g/mol. The molecule has 0 radical (unpaired) electrons. The Bertz CT molecular complexity index is 425. The van der Waals surface area contributed by atoms with E-state index in [2.05, 4.69) is 0 Å². The fraction of sp³-hybridized carbons (Fsp3) is 0.692. The molecule has 1 fully saturated rings. The molecule has 1 rings (SSSR count). The molecule has 2 N–H and O–H groups in total. The van der Waals surface area contributed by atoms with Crippen LogP contribution in [0.2, 0.25) is 0 Å². The fourth-order valence-electron chi connectivity index (χ4n) is 1.91. The van der Waals surface area contributed by atoms with E-state index in [-0.39, 0.29) is 48.4 Å². The number of nitrogens with zero attached hydrogens (tertiary/aromatic N) is 1. The summed E-state index contributed by atoms with van der Waals surface area (Å²) < 4.78 is 0. The summed E-state index contributed by atoms with van der Waals surface area (Å²) in [6.07, 6.45) is 0.503. The standard InChI is InChI=1S/C13H20N2O4S/c1-3-15-12(18)6-11(13(15)19)20-7-9(14)10(17)5-4-8(2)16/h9,11H,3-7,14H2,1-2H3. The second-order valence-corrected chi connectivity index (χ2v) is 6.01. The molecule has 2 unspecified atom stereocenters. The van der Waals surface area contributed by atoms with Gasteiger partial charge in [0.25, 0.3) is 0 Å². The predicted octanol–water partition coefficient (Wildman–Crippen LogP) is 0.133. The van der Waals surface area contributed by atoms with E-state index >= 15 is 0 Å². The Morgan fingerprint density at radius 1 is 1.40 bits per heavy atom. The van der Waals surface area contributed by atoms with E-state index in [1.54, 1.807) is 6.92 Å². The Hall–Kier alpha value is -1.21. The van der Waals surface area contributed by atoms with Gasteiger partial charge < -0.3 is 10.5 Å². The Labute approximate surface area is 122 Å². The van der Waals surface area contributed by atoms with Gasteiger partial charge in [-0.1, -0.05) is 0 Å². The minimum atomic E-state index is -0.696. The number of likely N-dealkylation sites (tertiary alicyclic amines) is 1. The lowest BCUT2D eigenvalue weighted by atomic mass is 10.1. The van der Waals surface area contributed by atoms with Crippen LogP contribution in [0.4, 0.5) is 0 Å². The molecule has 0 bridgehead atoms. The zero-order chi connectivity index (χ0) is 15.3. The smallest absolute Gasteiger partial charge is 0.242 e. The van der Waals surface area contributed by atoms with Gasteiger partial charge in [-0.3, -0.25) is 19.3 Å². The summed E-state index contributed by atoms with van der Waals surface area (Å²) in [5, 5.41) is -0.436. The number of hydrogen-bond donors (Lipinski definition) is 1. The average Bonchev–Trinajstić information content (AvgIpc) is 2.67. The van der Waals surface area contributed by atoms with Crippen LogP contribution in [-0.4, -0.2) is 51.9 Å². The molecule has 20 heavy (non-hydrogen) atoms. The minimum Gasteiger partial charge on any atom is -0.321 e. The second kappa shape index (κ2) is 7.54. The van der Waals surface area contributed by atoms with Crippen LogP contribution < -0.4 is 5.73 Å². The van der Waals surface area contributed by atoms with E-state index in [0.29, 0.717) is 6.54 Å². The maximum absolute atomic E-state index is 11.9. The molecule has 0 saturated carbocycles. The maximum Gasteiger partial charge on any atom is 0.242 e. The van der Waals surface area contributed by atoms with Crippen LogP contribution in [0.25, 0.3) is 0 Å². The molecule has 1 saturated heterocycles. The van der Waals surface area contributed by atoms with Crippen molar-refractivity contribution in [3.05, 3.63) is 0 Å². The summed E-state index contributed by atoms with van der Waals surface area (Å²) in [7, 11) is 0. The molecule has 0 spiro atoms. The van der Waals surface area contributed by atoms with E-state index in [0.717, 1.165) is 0 Å². The van der Waals surface area contributed by atoms with Crippen molar-refractivity contribution in [1.29, 1.82) is 0 Å². The number of nitrogens with two attached hydrogens (primary N) is 1. The van der Waals surface area contributed by atoms with E-state index in [9.17, 15) is 19.2 Å². The molecule has 0 aromatic rings. The number of imide groups is 1. The summed E-state index contributed by atoms with van der Waals surface area (Å²) in [5.74, 6) is -0.319. The third-order valence-electron chi connectivity index (χ3n) is 3.13. The van der Waals surface area contributed by atoms with Crippen LogP contribution in [0, 0.1) is 0 Å². The molecule has 1 heterocycles. The second-order valence-electron chi connectivity index (χ2n) is 4.78. The Morgan fingerprint density at radius 2 is 2.05 bits per heavy atom. The number of ketones is 2. The predicted molar refractivity (Wildman–Crippen MR) is 76.2 cm³/mol. The molecule has 2 atom stereocenters. The fourth-order valence-corrected chi connectivity index (χ4v) is 3.07. The van der Waals surface area contributed by atoms with Gasteiger partial charge in [0.05, 0.1) is 11.3 Å². The number of hydrogen-bond acceptors (Lipinski definition) is 6. The first-order valence-corrected chi connectivity index (χ1v) is 7.65. The monoisotopic (exact) mass is 300 g/mol. The van der Waals surface area contributed by atoms with E-state index < -0.39 is 11.3 Å². The highest BCUT2D eigenvalue weighted by molar-refractivity contribution is 8.00. The molecule has 1 aliphatic heterocycles. The zero-order valence-corrected chi connectivity index (χ0v) is 12.6.